The number of carbonyl (C=O) groups excluding carboxylic acids is 1. The van der Waals surface area contributed by atoms with E-state index in [-0.39, 0.29) is 11.3 Å². The molecule has 1 aromatic heterocycles. The van der Waals surface area contributed by atoms with Crippen LogP contribution in [-0.4, -0.2) is 44.5 Å². The van der Waals surface area contributed by atoms with Crippen LogP contribution in [-0.2, 0) is 0 Å². The second-order valence-corrected chi connectivity index (χ2v) is 7.42. The molecule has 1 atom stereocenters. The summed E-state index contributed by atoms with van der Waals surface area (Å²) in [6.07, 6.45) is 0. The Labute approximate surface area is 152 Å². The Kier molecular flexibility index (Phi) is 4.03. The molecule has 1 fully saturated rings. The highest BCUT2D eigenvalue weighted by molar-refractivity contribution is 6.00. The van der Waals surface area contributed by atoms with Crippen LogP contribution in [0.15, 0.2) is 54.6 Å². The molecule has 2 heterocycles. The van der Waals surface area contributed by atoms with E-state index in [4.69, 9.17) is 0 Å². The van der Waals surface area contributed by atoms with Crippen molar-refractivity contribution in [2.75, 3.05) is 13.1 Å². The van der Waals surface area contributed by atoms with Gasteiger partial charge in [0.15, 0.2) is 0 Å². The molecule has 2 aromatic carbocycles. The van der Waals surface area contributed by atoms with Gasteiger partial charge in [-0.05, 0) is 22.3 Å². The van der Waals surface area contributed by atoms with Gasteiger partial charge in [0, 0.05) is 24.6 Å². The van der Waals surface area contributed by atoms with Gasteiger partial charge in [0.25, 0.3) is 5.91 Å². The number of carbonyl (C=O) groups is 1. The molecule has 0 spiro atoms. The quantitative estimate of drug-likeness (QED) is 0.790. The molecule has 0 bridgehead atoms. The van der Waals surface area contributed by atoms with Crippen LogP contribution >= 0.6 is 0 Å². The maximum absolute atomic E-state index is 13.3. The zero-order chi connectivity index (χ0) is 18.1. The predicted octanol–water partition coefficient (Wildman–Crippen LogP) is 3.13. The number of nitrogens with zero attached hydrogens (tertiary/aromatic N) is 4. The average Bonchev–Trinajstić information content (AvgIpc) is 3.29. The van der Waals surface area contributed by atoms with Crippen LogP contribution in [0.5, 0.6) is 0 Å². The summed E-state index contributed by atoms with van der Waals surface area (Å²) >= 11 is 0. The minimum atomic E-state index is 0.0110. The number of likely N-dealkylation sites (tertiary alicyclic amines) is 1. The monoisotopic (exact) mass is 347 g/mol. The number of hydrogen-bond acceptors (Lipinski definition) is 4. The Morgan fingerprint density at radius 3 is 2.58 bits per heavy atom. The standard InChI is InChI=1S/C20H21N5O/c1-20(2)13-25(12-17(20)14-8-4-3-5-9-14)19(26)16-11-7-6-10-15(16)18-21-23-24-22-18/h3-11,17H,12-13H2,1-2H3,(H,21,22,23,24)/t17-/m1/s1. The summed E-state index contributed by atoms with van der Waals surface area (Å²) in [4.78, 5) is 15.2. The lowest BCUT2D eigenvalue weighted by Crippen LogP contribution is -2.30. The SMILES string of the molecule is CC1(C)CN(C(=O)c2ccccc2-c2nn[nH]n2)C[C@@H]1c1ccccc1. The first-order chi connectivity index (χ1) is 12.6. The maximum Gasteiger partial charge on any atom is 0.254 e. The van der Waals surface area contributed by atoms with Crippen molar-refractivity contribution in [1.29, 1.82) is 0 Å². The highest BCUT2D eigenvalue weighted by atomic mass is 16.2. The first-order valence-corrected chi connectivity index (χ1v) is 8.73. The molecule has 26 heavy (non-hydrogen) atoms. The van der Waals surface area contributed by atoms with Crippen molar-refractivity contribution in [2.24, 2.45) is 5.41 Å². The molecule has 1 amide bonds. The fourth-order valence-electron chi connectivity index (χ4n) is 3.84. The van der Waals surface area contributed by atoms with Gasteiger partial charge in [-0.2, -0.15) is 5.21 Å². The van der Waals surface area contributed by atoms with Crippen LogP contribution in [0.25, 0.3) is 11.4 Å². The van der Waals surface area contributed by atoms with Gasteiger partial charge in [0.1, 0.15) is 0 Å². The van der Waals surface area contributed by atoms with Crippen LogP contribution in [0.1, 0.15) is 35.7 Å². The van der Waals surface area contributed by atoms with Crippen molar-refractivity contribution < 1.29 is 4.79 Å². The summed E-state index contributed by atoms with van der Waals surface area (Å²) in [6.45, 7) is 5.87. The lowest BCUT2D eigenvalue weighted by Gasteiger charge is -2.25. The van der Waals surface area contributed by atoms with Crippen molar-refractivity contribution in [3.05, 3.63) is 65.7 Å². The Bertz CT molecular complexity index is 905. The van der Waals surface area contributed by atoms with Crippen molar-refractivity contribution in [1.82, 2.24) is 25.5 Å². The van der Waals surface area contributed by atoms with E-state index in [1.54, 1.807) is 0 Å². The molecule has 0 aliphatic carbocycles. The molecule has 3 aromatic rings. The molecule has 6 heteroatoms. The molecule has 1 N–H and O–H groups in total. The minimum absolute atomic E-state index is 0.0110. The van der Waals surface area contributed by atoms with Crippen LogP contribution in [0.2, 0.25) is 0 Å². The second-order valence-electron chi connectivity index (χ2n) is 7.42. The fraction of sp³-hybridized carbons (Fsp3) is 0.300. The number of tetrazole rings is 1. The Hall–Kier alpha value is -3.02. The summed E-state index contributed by atoms with van der Waals surface area (Å²) in [6, 6.07) is 17.9. The number of nitrogens with one attached hydrogen (secondary N) is 1. The first-order valence-electron chi connectivity index (χ1n) is 8.73. The van der Waals surface area contributed by atoms with Crippen LogP contribution in [0.4, 0.5) is 0 Å². The van der Waals surface area contributed by atoms with E-state index in [1.165, 1.54) is 5.56 Å². The third kappa shape index (κ3) is 2.87. The van der Waals surface area contributed by atoms with Crippen molar-refractivity contribution in [3.63, 3.8) is 0 Å². The van der Waals surface area contributed by atoms with Crippen LogP contribution in [0.3, 0.4) is 0 Å². The molecule has 0 unspecified atom stereocenters. The topological polar surface area (TPSA) is 74.8 Å². The normalized spacial score (nSPS) is 18.8. The van der Waals surface area contributed by atoms with E-state index >= 15 is 0 Å². The lowest BCUT2D eigenvalue weighted by molar-refractivity contribution is 0.0778. The highest BCUT2D eigenvalue weighted by Crippen LogP contribution is 2.42. The molecule has 0 saturated carbocycles. The number of benzene rings is 2. The van der Waals surface area contributed by atoms with Gasteiger partial charge in [0.05, 0.1) is 5.56 Å². The number of H-pyrrole nitrogens is 1. The number of amides is 1. The summed E-state index contributed by atoms with van der Waals surface area (Å²) in [7, 11) is 0. The Morgan fingerprint density at radius 1 is 1.12 bits per heavy atom. The van der Waals surface area contributed by atoms with Gasteiger partial charge in [0.2, 0.25) is 5.82 Å². The predicted molar refractivity (Wildman–Crippen MR) is 98.5 cm³/mol. The number of rotatable bonds is 3. The first kappa shape index (κ1) is 16.4. The fourth-order valence-corrected chi connectivity index (χ4v) is 3.84. The molecule has 132 valence electrons. The van der Waals surface area contributed by atoms with Gasteiger partial charge in [-0.25, -0.2) is 0 Å². The molecule has 1 aliphatic heterocycles. The van der Waals surface area contributed by atoms with Crippen LogP contribution < -0.4 is 0 Å². The van der Waals surface area contributed by atoms with Gasteiger partial charge in [-0.15, -0.1) is 10.2 Å². The number of hydrogen-bond donors (Lipinski definition) is 1. The van der Waals surface area contributed by atoms with E-state index < -0.39 is 0 Å². The zero-order valence-electron chi connectivity index (χ0n) is 14.9. The second kappa shape index (κ2) is 6.37. The smallest absolute Gasteiger partial charge is 0.254 e. The Morgan fingerprint density at radius 2 is 1.85 bits per heavy atom. The molecular weight excluding hydrogens is 326 g/mol. The Balaban J connectivity index is 1.65. The number of aromatic amines is 1. The zero-order valence-corrected chi connectivity index (χ0v) is 14.9. The van der Waals surface area contributed by atoms with Crippen molar-refractivity contribution in [3.8, 4) is 11.4 Å². The highest BCUT2D eigenvalue weighted by Gasteiger charge is 2.42. The molecule has 1 aliphatic rings. The summed E-state index contributed by atoms with van der Waals surface area (Å²) in [5, 5.41) is 14.1. The molecule has 4 rings (SSSR count). The largest absolute Gasteiger partial charge is 0.337 e. The van der Waals surface area contributed by atoms with Crippen LogP contribution in [0, 0.1) is 5.41 Å². The van der Waals surface area contributed by atoms with Gasteiger partial charge < -0.3 is 4.90 Å². The van der Waals surface area contributed by atoms with E-state index in [0.717, 1.165) is 0 Å². The molecular formula is C20H21N5O. The summed E-state index contributed by atoms with van der Waals surface area (Å²) in [5.74, 6) is 0.758. The van der Waals surface area contributed by atoms with E-state index in [0.29, 0.717) is 36.0 Å². The van der Waals surface area contributed by atoms with Crippen molar-refractivity contribution >= 4 is 5.91 Å². The van der Waals surface area contributed by atoms with E-state index in [1.807, 2.05) is 35.2 Å². The maximum atomic E-state index is 13.3. The number of aromatic nitrogens is 4. The lowest BCUT2D eigenvalue weighted by atomic mass is 9.78. The van der Waals surface area contributed by atoms with Gasteiger partial charge in [-0.1, -0.05) is 62.4 Å². The average molecular weight is 347 g/mol. The third-order valence-corrected chi connectivity index (χ3v) is 5.18. The minimum Gasteiger partial charge on any atom is -0.337 e. The summed E-state index contributed by atoms with van der Waals surface area (Å²) in [5.41, 5.74) is 2.60. The molecule has 6 nitrogen and oxygen atoms in total. The van der Waals surface area contributed by atoms with Crippen molar-refractivity contribution in [2.45, 2.75) is 19.8 Å². The van der Waals surface area contributed by atoms with Gasteiger partial charge in [-0.3, -0.25) is 4.79 Å². The third-order valence-electron chi connectivity index (χ3n) is 5.18. The van der Waals surface area contributed by atoms with E-state index in [2.05, 4.69) is 58.7 Å². The summed E-state index contributed by atoms with van der Waals surface area (Å²) < 4.78 is 0. The van der Waals surface area contributed by atoms with E-state index in [9.17, 15) is 4.79 Å². The van der Waals surface area contributed by atoms with Gasteiger partial charge >= 0.3 is 0 Å². The molecule has 0 radical (unpaired) electrons. The molecule has 1 saturated heterocycles.